The van der Waals surface area contributed by atoms with Crippen molar-refractivity contribution in [1.82, 2.24) is 5.43 Å². The third kappa shape index (κ3) is 2.30. The lowest BCUT2D eigenvalue weighted by atomic mass is 9.90. The maximum atomic E-state index is 12.2. The normalized spacial score (nSPS) is 31.9. The topological polar surface area (TPSA) is 61.7 Å². The number of amides is 1. The Kier molecular flexibility index (Phi) is 3.24. The molecule has 0 heterocycles. The minimum atomic E-state index is 0.0504. The molecule has 3 atom stereocenters. The number of nitrogens with zero attached hydrogens (tertiary/aromatic N) is 1. The van der Waals surface area contributed by atoms with Gasteiger partial charge in [-0.05, 0) is 54.0 Å². The molecular formula is C16H20N2O2. The molecule has 1 aromatic carbocycles. The van der Waals surface area contributed by atoms with Crippen molar-refractivity contribution in [3.8, 4) is 5.75 Å². The highest BCUT2D eigenvalue weighted by molar-refractivity contribution is 5.85. The monoisotopic (exact) mass is 272 g/mol. The van der Waals surface area contributed by atoms with Gasteiger partial charge < -0.3 is 5.11 Å². The molecule has 0 aliphatic heterocycles. The highest BCUT2D eigenvalue weighted by Crippen LogP contribution is 2.66. The predicted molar refractivity (Wildman–Crippen MR) is 77.4 cm³/mol. The van der Waals surface area contributed by atoms with Crippen LogP contribution in [0.4, 0.5) is 0 Å². The summed E-state index contributed by atoms with van der Waals surface area (Å²) in [6.45, 7) is 2.23. The number of carbonyl (C=O) groups is 1. The van der Waals surface area contributed by atoms with Gasteiger partial charge in [0.15, 0.2) is 0 Å². The Morgan fingerprint density at radius 2 is 2.15 bits per heavy atom. The summed E-state index contributed by atoms with van der Waals surface area (Å²) < 4.78 is 0. The van der Waals surface area contributed by atoms with Crippen molar-refractivity contribution in [2.75, 3.05) is 0 Å². The number of hydrazone groups is 1. The molecule has 2 fully saturated rings. The lowest BCUT2D eigenvalue weighted by Gasteiger charge is -2.15. The molecule has 2 saturated carbocycles. The zero-order valence-corrected chi connectivity index (χ0v) is 11.7. The van der Waals surface area contributed by atoms with Crippen molar-refractivity contribution in [2.24, 2.45) is 22.4 Å². The number of rotatable bonds is 3. The van der Waals surface area contributed by atoms with Crippen molar-refractivity contribution >= 4 is 12.1 Å². The third-order valence-corrected chi connectivity index (χ3v) is 4.90. The number of fused-ring (bicyclic) bond motifs is 1. The molecular weight excluding hydrogens is 252 g/mol. The number of nitrogens with one attached hydrogen (secondary N) is 1. The molecule has 1 amide bonds. The summed E-state index contributed by atoms with van der Waals surface area (Å²) in [7, 11) is 0. The number of hydrogen-bond donors (Lipinski definition) is 2. The Hall–Kier alpha value is -1.84. The molecule has 0 unspecified atom stereocenters. The number of aromatic hydroxyl groups is 1. The first-order valence-electron chi connectivity index (χ1n) is 7.23. The zero-order valence-electron chi connectivity index (χ0n) is 11.7. The summed E-state index contributed by atoms with van der Waals surface area (Å²) in [6.07, 6.45) is 6.44. The summed E-state index contributed by atoms with van der Waals surface area (Å²) >= 11 is 0. The fourth-order valence-corrected chi connectivity index (χ4v) is 3.65. The van der Waals surface area contributed by atoms with Gasteiger partial charge >= 0.3 is 0 Å². The number of phenolic OH excluding ortho intramolecular Hbond substituents is 1. The molecule has 0 radical (unpaired) electrons. The van der Waals surface area contributed by atoms with E-state index >= 15 is 0 Å². The van der Waals surface area contributed by atoms with Crippen LogP contribution in [0.15, 0.2) is 29.4 Å². The minimum Gasteiger partial charge on any atom is -0.508 e. The highest BCUT2D eigenvalue weighted by Gasteiger charge is 2.64. The van der Waals surface area contributed by atoms with Crippen LogP contribution >= 0.6 is 0 Å². The molecule has 2 aliphatic rings. The van der Waals surface area contributed by atoms with Gasteiger partial charge in [-0.25, -0.2) is 5.43 Å². The Morgan fingerprint density at radius 3 is 2.80 bits per heavy atom. The minimum absolute atomic E-state index is 0.0504. The van der Waals surface area contributed by atoms with Crippen LogP contribution in [0.1, 0.15) is 38.2 Å². The maximum absolute atomic E-state index is 12.2. The van der Waals surface area contributed by atoms with Crippen LogP contribution < -0.4 is 5.43 Å². The molecule has 2 N–H and O–H groups in total. The van der Waals surface area contributed by atoms with Gasteiger partial charge in [-0.3, -0.25) is 4.79 Å². The standard InChI is InChI=1S/C16H20N2O2/c1-16-9-3-2-4-13(16)14(16)15(20)18-17-10-11-5-7-12(19)8-6-11/h5-8,10,13-14,19H,2-4,9H2,1H3,(H,18,20)/b17-10-/t13-,14+,16+/m1/s1. The Labute approximate surface area is 118 Å². The van der Waals surface area contributed by atoms with E-state index < -0.39 is 0 Å². The average molecular weight is 272 g/mol. The van der Waals surface area contributed by atoms with Crippen LogP contribution in [0.2, 0.25) is 0 Å². The van der Waals surface area contributed by atoms with Crippen LogP contribution in [-0.2, 0) is 4.79 Å². The van der Waals surface area contributed by atoms with Gasteiger partial charge in [0.25, 0.3) is 0 Å². The number of carbonyl (C=O) groups excluding carboxylic acids is 1. The second-order valence-corrected chi connectivity index (χ2v) is 6.16. The average Bonchev–Trinajstić information content (AvgIpc) is 3.06. The van der Waals surface area contributed by atoms with E-state index in [1.807, 2.05) is 0 Å². The molecule has 2 aliphatic carbocycles. The molecule has 106 valence electrons. The molecule has 4 nitrogen and oxygen atoms in total. The lowest BCUT2D eigenvalue weighted by Crippen LogP contribution is -2.22. The predicted octanol–water partition coefficient (Wildman–Crippen LogP) is 2.67. The van der Waals surface area contributed by atoms with Gasteiger partial charge in [0.1, 0.15) is 5.75 Å². The van der Waals surface area contributed by atoms with Crippen LogP contribution in [0.3, 0.4) is 0 Å². The van der Waals surface area contributed by atoms with Crippen molar-refractivity contribution in [1.29, 1.82) is 0 Å². The summed E-state index contributed by atoms with van der Waals surface area (Å²) in [5, 5.41) is 13.2. The Morgan fingerprint density at radius 1 is 1.40 bits per heavy atom. The van der Waals surface area contributed by atoms with E-state index in [2.05, 4.69) is 17.5 Å². The second kappa shape index (κ2) is 4.93. The van der Waals surface area contributed by atoms with E-state index in [-0.39, 0.29) is 23.0 Å². The van der Waals surface area contributed by atoms with Crippen LogP contribution in [0.5, 0.6) is 5.75 Å². The molecule has 0 bridgehead atoms. The van der Waals surface area contributed by atoms with Crippen molar-refractivity contribution in [3.63, 3.8) is 0 Å². The fourth-order valence-electron chi connectivity index (χ4n) is 3.65. The second-order valence-electron chi connectivity index (χ2n) is 6.16. The van der Waals surface area contributed by atoms with E-state index in [0.29, 0.717) is 5.92 Å². The molecule has 0 aromatic heterocycles. The van der Waals surface area contributed by atoms with Gasteiger partial charge in [-0.1, -0.05) is 19.8 Å². The maximum Gasteiger partial charge on any atom is 0.244 e. The Balaban J connectivity index is 1.56. The van der Waals surface area contributed by atoms with E-state index in [0.717, 1.165) is 12.0 Å². The largest absolute Gasteiger partial charge is 0.508 e. The van der Waals surface area contributed by atoms with E-state index in [1.54, 1.807) is 30.5 Å². The molecule has 0 spiro atoms. The number of benzene rings is 1. The fraction of sp³-hybridized carbons (Fsp3) is 0.500. The van der Waals surface area contributed by atoms with Crippen molar-refractivity contribution in [3.05, 3.63) is 29.8 Å². The molecule has 1 aromatic rings. The number of hydrogen-bond acceptors (Lipinski definition) is 3. The molecule has 3 rings (SSSR count). The highest BCUT2D eigenvalue weighted by atomic mass is 16.3. The summed E-state index contributed by atoms with van der Waals surface area (Å²) in [4.78, 5) is 12.2. The smallest absolute Gasteiger partial charge is 0.244 e. The quantitative estimate of drug-likeness (QED) is 0.656. The van der Waals surface area contributed by atoms with Crippen LogP contribution in [-0.4, -0.2) is 17.2 Å². The lowest BCUT2D eigenvalue weighted by molar-refractivity contribution is -0.123. The molecule has 0 saturated heterocycles. The summed E-state index contributed by atoms with van der Waals surface area (Å²) in [5.74, 6) is 0.970. The van der Waals surface area contributed by atoms with Gasteiger partial charge in [-0.15, -0.1) is 0 Å². The van der Waals surface area contributed by atoms with Gasteiger partial charge in [0.2, 0.25) is 5.91 Å². The number of phenols is 1. The van der Waals surface area contributed by atoms with Gasteiger partial charge in [0.05, 0.1) is 6.21 Å². The Bertz CT molecular complexity index is 538. The summed E-state index contributed by atoms with van der Waals surface area (Å²) in [5.41, 5.74) is 3.73. The van der Waals surface area contributed by atoms with Gasteiger partial charge in [0, 0.05) is 5.92 Å². The van der Waals surface area contributed by atoms with Gasteiger partial charge in [-0.2, -0.15) is 5.10 Å². The van der Waals surface area contributed by atoms with Crippen LogP contribution in [0.25, 0.3) is 0 Å². The first kappa shape index (κ1) is 13.2. The molecule has 4 heteroatoms. The molecule has 20 heavy (non-hydrogen) atoms. The first-order chi connectivity index (χ1) is 9.61. The summed E-state index contributed by atoms with van der Waals surface area (Å²) in [6, 6.07) is 6.70. The van der Waals surface area contributed by atoms with Crippen LogP contribution in [0, 0.1) is 17.3 Å². The van der Waals surface area contributed by atoms with Crippen molar-refractivity contribution < 1.29 is 9.90 Å². The van der Waals surface area contributed by atoms with Crippen molar-refractivity contribution in [2.45, 2.75) is 32.6 Å². The van der Waals surface area contributed by atoms with E-state index in [9.17, 15) is 9.90 Å². The first-order valence-corrected chi connectivity index (χ1v) is 7.23. The van der Waals surface area contributed by atoms with E-state index in [4.69, 9.17) is 0 Å². The SMILES string of the molecule is C[C@]12CCCC[C@@H]1[C@H]2C(=O)N/N=C\c1ccc(O)cc1. The zero-order chi connectivity index (χ0) is 14.2. The van der Waals surface area contributed by atoms with E-state index in [1.165, 1.54) is 19.3 Å². The third-order valence-electron chi connectivity index (χ3n) is 4.90.